The van der Waals surface area contributed by atoms with Crippen LogP contribution in [0.4, 0.5) is 0 Å². The van der Waals surface area contributed by atoms with E-state index in [1.54, 1.807) is 0 Å². The van der Waals surface area contributed by atoms with E-state index in [-0.39, 0.29) is 11.8 Å². The summed E-state index contributed by atoms with van der Waals surface area (Å²) in [4.78, 5) is 20.5. The lowest BCUT2D eigenvalue weighted by molar-refractivity contribution is 0.668. The second kappa shape index (κ2) is 17.7. The van der Waals surface area contributed by atoms with Crippen LogP contribution in [0.5, 0.6) is 0 Å². The van der Waals surface area contributed by atoms with Gasteiger partial charge < -0.3 is 4.42 Å². The summed E-state index contributed by atoms with van der Waals surface area (Å²) in [5.74, 6) is 2.52. The first-order valence-electron chi connectivity index (χ1n) is 24.5. The maximum atomic E-state index is 9.09. The lowest BCUT2D eigenvalue weighted by Crippen LogP contribution is -2.27. The van der Waals surface area contributed by atoms with Crippen molar-refractivity contribution in [2.75, 3.05) is 0 Å². The molecule has 9 aromatic rings. The fourth-order valence-corrected chi connectivity index (χ4v) is 11.2. The van der Waals surface area contributed by atoms with Gasteiger partial charge in [0.15, 0.2) is 17.5 Å². The number of nitrogens with zero attached hydrogens (tertiary/aromatic N) is 4. The van der Waals surface area contributed by atoms with Crippen LogP contribution in [0.15, 0.2) is 222 Å². The summed E-state index contributed by atoms with van der Waals surface area (Å²) in [5, 5.41) is 11.1. The van der Waals surface area contributed by atoms with Crippen LogP contribution in [0.25, 0.3) is 67.0 Å². The van der Waals surface area contributed by atoms with E-state index in [1.807, 2.05) is 79.7 Å². The molecule has 6 nitrogen and oxygen atoms in total. The van der Waals surface area contributed by atoms with Crippen molar-refractivity contribution in [1.29, 1.82) is 5.41 Å². The van der Waals surface area contributed by atoms with E-state index >= 15 is 0 Å². The summed E-state index contributed by atoms with van der Waals surface area (Å²) in [5.41, 5.74) is 17.2. The highest BCUT2D eigenvalue weighted by molar-refractivity contribution is 6.21. The van der Waals surface area contributed by atoms with E-state index in [4.69, 9.17) is 29.8 Å². The third-order valence-corrected chi connectivity index (χ3v) is 14.5. The average Bonchev–Trinajstić information content (AvgIpc) is 4.05. The summed E-state index contributed by atoms with van der Waals surface area (Å²) in [6.45, 7) is 10.5. The highest BCUT2D eigenvalue weighted by atomic mass is 16.3. The fraction of sp³-hybridized carbons (Fsp3) is 0.123. The van der Waals surface area contributed by atoms with Gasteiger partial charge in [-0.2, -0.15) is 0 Å². The minimum Gasteiger partial charge on any atom is -0.455 e. The highest BCUT2D eigenvalue weighted by Gasteiger charge is 2.54. The predicted octanol–water partition coefficient (Wildman–Crippen LogP) is 15.9. The molecule has 2 aromatic heterocycles. The average molecular weight is 918 g/mol. The van der Waals surface area contributed by atoms with Crippen LogP contribution in [0.1, 0.15) is 84.3 Å². The number of hydrogen-bond acceptors (Lipinski definition) is 5. The molecule has 0 saturated carbocycles. The lowest BCUT2D eigenvalue weighted by Gasteiger charge is -2.32. The fourth-order valence-electron chi connectivity index (χ4n) is 11.2. The zero-order valence-corrected chi connectivity index (χ0v) is 40.0. The maximum absolute atomic E-state index is 9.09. The summed E-state index contributed by atoms with van der Waals surface area (Å²) in [7, 11) is 0. The van der Waals surface area contributed by atoms with E-state index < -0.39 is 5.41 Å². The van der Waals surface area contributed by atoms with Crippen molar-refractivity contribution in [1.82, 2.24) is 15.0 Å². The van der Waals surface area contributed by atoms with Crippen molar-refractivity contribution in [3.05, 3.63) is 257 Å². The molecule has 3 aliphatic rings. The number of aromatic nitrogens is 3. The van der Waals surface area contributed by atoms with Crippen molar-refractivity contribution in [2.45, 2.75) is 44.9 Å². The van der Waals surface area contributed by atoms with Gasteiger partial charge in [-0.1, -0.05) is 177 Å². The van der Waals surface area contributed by atoms with Crippen LogP contribution < -0.4 is 0 Å². The Balaban J connectivity index is 1.06. The second-order valence-electron chi connectivity index (χ2n) is 18.9. The van der Waals surface area contributed by atoms with Gasteiger partial charge in [0.2, 0.25) is 0 Å². The molecular formula is C65H51N5O. The van der Waals surface area contributed by atoms with Gasteiger partial charge in [-0.15, -0.1) is 6.58 Å². The van der Waals surface area contributed by atoms with E-state index in [9.17, 15) is 0 Å². The van der Waals surface area contributed by atoms with Gasteiger partial charge in [-0.3, -0.25) is 5.41 Å². The molecule has 71 heavy (non-hydrogen) atoms. The molecule has 0 aliphatic heterocycles. The molecule has 0 radical (unpaired) electrons. The van der Waals surface area contributed by atoms with Crippen LogP contribution in [-0.4, -0.2) is 26.5 Å². The SMILES string of the molecule is C=CCC(/C=C\C)c1nc(-c2ccccc2)nc(-c2ccc3c(c2)C2(C4=CC(C)CC=C43)c3ccccc3-c3c2ccc2c3oc3ccc(C(/C=C(\C)c4ccccc4)=NC(=N)c4ccccc4)cc32)n1. The number of allylic oxidation sites excluding steroid dienone is 9. The van der Waals surface area contributed by atoms with Gasteiger partial charge >= 0.3 is 0 Å². The Kier molecular flexibility index (Phi) is 10.9. The van der Waals surface area contributed by atoms with E-state index in [0.717, 1.165) is 78.7 Å². The van der Waals surface area contributed by atoms with Gasteiger partial charge in [0.25, 0.3) is 0 Å². The topological polar surface area (TPSA) is 88.0 Å². The Morgan fingerprint density at radius 1 is 0.732 bits per heavy atom. The molecule has 1 spiro atoms. The normalized spacial score (nSPS) is 17.5. The first-order valence-corrected chi connectivity index (χ1v) is 24.5. The summed E-state index contributed by atoms with van der Waals surface area (Å²) < 4.78 is 7.09. The Morgan fingerprint density at radius 3 is 2.21 bits per heavy atom. The van der Waals surface area contributed by atoms with E-state index in [1.165, 1.54) is 33.4 Å². The Hall–Kier alpha value is -8.61. The molecule has 1 N–H and O–H groups in total. The monoisotopic (exact) mass is 917 g/mol. The number of benzene rings is 7. The number of rotatable bonds is 10. The van der Waals surface area contributed by atoms with Crippen molar-refractivity contribution >= 4 is 44.6 Å². The molecule has 6 heteroatoms. The van der Waals surface area contributed by atoms with Gasteiger partial charge in [0.1, 0.15) is 17.0 Å². The molecule has 2 heterocycles. The van der Waals surface area contributed by atoms with Crippen LogP contribution in [-0.2, 0) is 5.41 Å². The van der Waals surface area contributed by atoms with Crippen molar-refractivity contribution in [2.24, 2.45) is 10.9 Å². The molecule has 342 valence electrons. The minimum absolute atomic E-state index is 0.0467. The Morgan fingerprint density at radius 2 is 1.45 bits per heavy atom. The number of fused-ring (bicyclic) bond motifs is 14. The Labute approximate surface area is 414 Å². The second-order valence-corrected chi connectivity index (χ2v) is 18.9. The predicted molar refractivity (Wildman–Crippen MR) is 292 cm³/mol. The molecule has 12 rings (SSSR count). The van der Waals surface area contributed by atoms with Crippen LogP contribution >= 0.6 is 0 Å². The molecule has 0 amide bonds. The quantitative estimate of drug-likeness (QED) is 0.0841. The first-order chi connectivity index (χ1) is 34.8. The van der Waals surface area contributed by atoms with Crippen molar-refractivity contribution in [3.63, 3.8) is 0 Å². The zero-order chi connectivity index (χ0) is 48.2. The van der Waals surface area contributed by atoms with Crippen molar-refractivity contribution in [3.8, 4) is 33.9 Å². The van der Waals surface area contributed by atoms with Crippen LogP contribution in [0.2, 0.25) is 0 Å². The summed E-state index contributed by atoms with van der Waals surface area (Å²) in [6.07, 6.45) is 14.9. The largest absolute Gasteiger partial charge is 0.455 e. The van der Waals surface area contributed by atoms with Gasteiger partial charge in [-0.05, 0) is 113 Å². The molecule has 0 saturated heterocycles. The minimum atomic E-state index is -0.623. The van der Waals surface area contributed by atoms with Gasteiger partial charge in [0.05, 0.1) is 11.1 Å². The van der Waals surface area contributed by atoms with E-state index in [0.29, 0.717) is 29.7 Å². The van der Waals surface area contributed by atoms with Crippen molar-refractivity contribution < 1.29 is 4.42 Å². The number of nitrogens with one attached hydrogen (secondary N) is 1. The summed E-state index contributed by atoms with van der Waals surface area (Å²) >= 11 is 0. The smallest absolute Gasteiger partial charge is 0.163 e. The molecule has 0 bridgehead atoms. The number of aliphatic imine (C=N–C) groups is 1. The summed E-state index contributed by atoms with van der Waals surface area (Å²) in [6, 6.07) is 56.9. The third-order valence-electron chi connectivity index (χ3n) is 14.5. The standard InChI is InChI=1S/C65H51N5O/c1-5-18-44(19-6-2)62-68-63(45-24-14-9-15-25-45)70-64(69-62)47-29-32-49-48-31-28-40(3)36-55(48)65(56(49)39-47)53-27-17-16-26-51(53)59-54(65)34-33-50-52-38-46(30-35-58(52)71-60(50)59)57(37-41(4)42-20-10-7-11-21-42)67-61(66)43-22-12-8-13-23-43/h5-17,19-27,29-40,44,66H,1,18,28H2,2-4H3/b19-6-,41-37+,66-61?,67-57?. The number of furan rings is 1. The van der Waals surface area contributed by atoms with Crippen LogP contribution in [0.3, 0.4) is 0 Å². The third kappa shape index (κ3) is 7.29. The molecule has 7 aromatic carbocycles. The number of hydrogen-bond donors (Lipinski definition) is 1. The molecule has 0 fully saturated rings. The molecular weight excluding hydrogens is 867 g/mol. The van der Waals surface area contributed by atoms with Gasteiger partial charge in [0, 0.05) is 44.5 Å². The zero-order valence-electron chi connectivity index (χ0n) is 40.0. The molecule has 3 atom stereocenters. The highest BCUT2D eigenvalue weighted by Crippen LogP contribution is 2.66. The van der Waals surface area contributed by atoms with Crippen LogP contribution in [0, 0.1) is 11.3 Å². The van der Waals surface area contributed by atoms with Gasteiger partial charge in [-0.25, -0.2) is 19.9 Å². The molecule has 3 aliphatic carbocycles. The lowest BCUT2D eigenvalue weighted by atomic mass is 9.68. The molecule has 3 unspecified atom stereocenters. The maximum Gasteiger partial charge on any atom is 0.163 e. The van der Waals surface area contributed by atoms with E-state index in [2.05, 4.69) is 148 Å². The Bertz CT molecular complexity index is 3780. The first kappa shape index (κ1) is 43.7. The number of amidine groups is 1.